The molecule has 0 atom stereocenters. The highest BCUT2D eigenvalue weighted by Crippen LogP contribution is 2.06. The second-order valence-corrected chi connectivity index (χ2v) is 6.10. The number of ketones is 1. The third-order valence-electron chi connectivity index (χ3n) is 3.56. The fourth-order valence-corrected chi connectivity index (χ4v) is 2.29. The molecule has 23 heavy (non-hydrogen) atoms. The van der Waals surface area contributed by atoms with Gasteiger partial charge in [-0.2, -0.15) is 0 Å². The lowest BCUT2D eigenvalue weighted by Crippen LogP contribution is -2.16. The summed E-state index contributed by atoms with van der Waals surface area (Å²) in [4.78, 5) is 20.9. The van der Waals surface area contributed by atoms with Crippen molar-refractivity contribution in [3.8, 4) is 0 Å². The minimum absolute atomic E-state index is 0.317. The van der Waals surface area contributed by atoms with Gasteiger partial charge in [0.25, 0.3) is 0 Å². The third kappa shape index (κ3) is 29.8. The van der Waals surface area contributed by atoms with Gasteiger partial charge in [0.15, 0.2) is 0 Å². The Morgan fingerprint density at radius 2 is 1.26 bits per heavy atom. The van der Waals surface area contributed by atoms with E-state index in [4.69, 9.17) is 0 Å². The van der Waals surface area contributed by atoms with Crippen LogP contribution in [0.2, 0.25) is 0 Å². The molecule has 0 aromatic carbocycles. The molecule has 0 aromatic rings. The Bertz CT molecular complexity index is 245. The van der Waals surface area contributed by atoms with Gasteiger partial charge in [0, 0.05) is 27.1 Å². The van der Waals surface area contributed by atoms with Crippen LogP contribution < -0.4 is 5.32 Å². The molecular weight excluding hydrogens is 290 g/mol. The standard InChI is InChI=1S/C17H33NO2.C2H6O/c1-17(20)13-9-5-4-7-11-15-18-14-10-6-2-3-8-12-16-19;1-3-2/h16,18H,2-15H2,1H3;1-2H3. The molecule has 4 heteroatoms. The van der Waals surface area contributed by atoms with Gasteiger partial charge in [0.05, 0.1) is 0 Å². The van der Waals surface area contributed by atoms with E-state index < -0.39 is 0 Å². The monoisotopic (exact) mass is 329 g/mol. The Kier molecular flexibility index (Phi) is 25.1. The van der Waals surface area contributed by atoms with Gasteiger partial charge in [-0.25, -0.2) is 0 Å². The summed E-state index contributed by atoms with van der Waals surface area (Å²) in [5.74, 6) is 0.317. The van der Waals surface area contributed by atoms with Crippen LogP contribution in [0.25, 0.3) is 0 Å². The number of hydrogen-bond acceptors (Lipinski definition) is 4. The molecule has 0 saturated heterocycles. The lowest BCUT2D eigenvalue weighted by molar-refractivity contribution is -0.117. The van der Waals surface area contributed by atoms with Crippen molar-refractivity contribution in [1.82, 2.24) is 5.32 Å². The topological polar surface area (TPSA) is 55.4 Å². The van der Waals surface area contributed by atoms with Crippen LogP contribution in [0.5, 0.6) is 0 Å². The smallest absolute Gasteiger partial charge is 0.129 e. The summed E-state index contributed by atoms with van der Waals surface area (Å²) in [7, 11) is 3.25. The van der Waals surface area contributed by atoms with Gasteiger partial charge in [-0.1, -0.05) is 38.5 Å². The maximum Gasteiger partial charge on any atom is 0.129 e. The number of hydrogen-bond donors (Lipinski definition) is 1. The van der Waals surface area contributed by atoms with Crippen molar-refractivity contribution in [2.24, 2.45) is 0 Å². The lowest BCUT2D eigenvalue weighted by Gasteiger charge is -2.05. The quantitative estimate of drug-likeness (QED) is 0.339. The van der Waals surface area contributed by atoms with E-state index in [1.807, 2.05) is 0 Å². The molecule has 0 bridgehead atoms. The molecule has 0 rings (SSSR count). The van der Waals surface area contributed by atoms with Crippen LogP contribution in [0.4, 0.5) is 0 Å². The summed E-state index contributed by atoms with van der Waals surface area (Å²) in [6.07, 6.45) is 14.6. The highest BCUT2D eigenvalue weighted by Gasteiger charge is 1.95. The summed E-state index contributed by atoms with van der Waals surface area (Å²) < 4.78 is 4.25. The molecule has 0 aromatic heterocycles. The maximum absolute atomic E-state index is 10.8. The number of carbonyl (C=O) groups is 2. The van der Waals surface area contributed by atoms with Crippen molar-refractivity contribution in [2.45, 2.75) is 84.0 Å². The highest BCUT2D eigenvalue weighted by atomic mass is 16.4. The Balaban J connectivity index is 0. The van der Waals surface area contributed by atoms with Crippen LogP contribution >= 0.6 is 0 Å². The SMILES string of the molecule is CC(=O)CCCCCCCNCCCCCCCC=O.COC. The molecule has 0 heterocycles. The normalized spacial score (nSPS) is 10.0. The molecule has 0 fully saturated rings. The molecular formula is C19H39NO3. The van der Waals surface area contributed by atoms with Gasteiger partial charge in [-0.3, -0.25) is 0 Å². The summed E-state index contributed by atoms with van der Waals surface area (Å²) >= 11 is 0. The number of aldehydes is 1. The van der Waals surface area contributed by atoms with Gasteiger partial charge >= 0.3 is 0 Å². The van der Waals surface area contributed by atoms with Crippen molar-refractivity contribution < 1.29 is 14.3 Å². The summed E-state index contributed by atoms with van der Waals surface area (Å²) in [5.41, 5.74) is 0. The van der Waals surface area contributed by atoms with Gasteiger partial charge in [0.2, 0.25) is 0 Å². The van der Waals surface area contributed by atoms with Crippen molar-refractivity contribution in [3.63, 3.8) is 0 Å². The Morgan fingerprint density at radius 1 is 0.826 bits per heavy atom. The molecule has 0 aliphatic carbocycles. The molecule has 0 aliphatic heterocycles. The molecule has 138 valence electrons. The van der Waals surface area contributed by atoms with Gasteiger partial charge in [-0.05, 0) is 45.7 Å². The van der Waals surface area contributed by atoms with Crippen molar-refractivity contribution >= 4 is 12.1 Å². The first-order chi connectivity index (χ1) is 11.2. The number of ether oxygens (including phenoxy) is 1. The first kappa shape index (κ1) is 24.5. The first-order valence-corrected chi connectivity index (χ1v) is 9.23. The molecule has 0 spiro atoms. The van der Waals surface area contributed by atoms with E-state index >= 15 is 0 Å². The van der Waals surface area contributed by atoms with Crippen LogP contribution in [0.15, 0.2) is 0 Å². The predicted molar refractivity (Wildman–Crippen MR) is 98.0 cm³/mol. The van der Waals surface area contributed by atoms with E-state index in [0.717, 1.165) is 45.1 Å². The zero-order chi connectivity index (χ0) is 17.6. The molecule has 0 aliphatic rings. The third-order valence-corrected chi connectivity index (χ3v) is 3.56. The fourth-order valence-electron chi connectivity index (χ4n) is 2.29. The number of methoxy groups -OCH3 is 1. The van der Waals surface area contributed by atoms with Crippen molar-refractivity contribution in [3.05, 3.63) is 0 Å². The Morgan fingerprint density at radius 3 is 1.74 bits per heavy atom. The molecule has 0 amide bonds. The molecule has 0 unspecified atom stereocenters. The Labute approximate surface area is 143 Å². The summed E-state index contributed by atoms with van der Waals surface area (Å²) in [6.45, 7) is 3.92. The predicted octanol–water partition coefficient (Wildman–Crippen LogP) is 4.31. The van der Waals surface area contributed by atoms with Crippen molar-refractivity contribution in [1.29, 1.82) is 0 Å². The van der Waals surface area contributed by atoms with Gasteiger partial charge in [0.1, 0.15) is 12.1 Å². The van der Waals surface area contributed by atoms with E-state index in [-0.39, 0.29) is 0 Å². The zero-order valence-corrected chi connectivity index (χ0v) is 15.7. The molecule has 4 nitrogen and oxygen atoms in total. The van der Waals surface area contributed by atoms with Crippen LogP contribution in [0.1, 0.15) is 84.0 Å². The minimum atomic E-state index is 0.317. The van der Waals surface area contributed by atoms with Crippen LogP contribution in [-0.2, 0) is 14.3 Å². The summed E-state index contributed by atoms with van der Waals surface area (Å²) in [6, 6.07) is 0. The fraction of sp³-hybridized carbons (Fsp3) is 0.895. The number of rotatable bonds is 16. The highest BCUT2D eigenvalue weighted by molar-refractivity contribution is 5.75. The van der Waals surface area contributed by atoms with E-state index in [0.29, 0.717) is 5.78 Å². The number of unbranched alkanes of at least 4 members (excludes halogenated alkanes) is 9. The average molecular weight is 330 g/mol. The maximum atomic E-state index is 10.8. The number of nitrogens with one attached hydrogen (secondary N) is 1. The average Bonchev–Trinajstić information content (AvgIpc) is 2.51. The number of carbonyl (C=O) groups excluding carboxylic acids is 2. The van der Waals surface area contributed by atoms with Gasteiger partial charge in [-0.15, -0.1) is 0 Å². The van der Waals surface area contributed by atoms with E-state index in [1.165, 1.54) is 51.4 Å². The van der Waals surface area contributed by atoms with E-state index in [9.17, 15) is 9.59 Å². The van der Waals surface area contributed by atoms with Crippen LogP contribution in [-0.4, -0.2) is 39.4 Å². The summed E-state index contributed by atoms with van der Waals surface area (Å²) in [5, 5.41) is 3.49. The molecule has 0 radical (unpaired) electrons. The van der Waals surface area contributed by atoms with Crippen molar-refractivity contribution in [2.75, 3.05) is 27.3 Å². The number of Topliss-reactive ketones (excluding diaryl/α,β-unsaturated/α-hetero) is 1. The van der Waals surface area contributed by atoms with Gasteiger partial charge < -0.3 is 19.6 Å². The lowest BCUT2D eigenvalue weighted by atomic mass is 10.1. The largest absolute Gasteiger partial charge is 0.388 e. The molecule has 1 N–H and O–H groups in total. The first-order valence-electron chi connectivity index (χ1n) is 9.23. The molecule has 0 saturated carbocycles. The van der Waals surface area contributed by atoms with E-state index in [2.05, 4.69) is 10.1 Å². The minimum Gasteiger partial charge on any atom is -0.388 e. The van der Waals surface area contributed by atoms with Crippen LogP contribution in [0.3, 0.4) is 0 Å². The zero-order valence-electron chi connectivity index (χ0n) is 15.7. The second kappa shape index (κ2) is 23.5. The second-order valence-electron chi connectivity index (χ2n) is 6.10. The van der Waals surface area contributed by atoms with E-state index in [1.54, 1.807) is 21.1 Å². The van der Waals surface area contributed by atoms with Crippen LogP contribution in [0, 0.1) is 0 Å². The Hall–Kier alpha value is -0.740.